The number of nitrogens with one attached hydrogen (secondary N) is 1. The molecule has 1 atom stereocenters. The Bertz CT molecular complexity index is 1240. The van der Waals surface area contributed by atoms with Crippen LogP contribution in [-0.4, -0.2) is 47.2 Å². The van der Waals surface area contributed by atoms with Gasteiger partial charge in [0, 0.05) is 43.4 Å². The Morgan fingerprint density at radius 2 is 1.64 bits per heavy atom. The van der Waals surface area contributed by atoms with E-state index in [-0.39, 0.29) is 30.4 Å². The molecule has 0 aliphatic carbocycles. The molecule has 1 heterocycles. The van der Waals surface area contributed by atoms with Crippen molar-refractivity contribution in [2.24, 2.45) is 0 Å². The van der Waals surface area contributed by atoms with E-state index in [4.69, 9.17) is 4.74 Å². The Morgan fingerprint density at radius 1 is 0.974 bits per heavy atom. The number of fused-ring (bicyclic) bond motifs is 1. The van der Waals surface area contributed by atoms with Gasteiger partial charge >= 0.3 is 6.09 Å². The second-order valence-corrected chi connectivity index (χ2v) is 11.2. The topological polar surface area (TPSA) is 44.8 Å². The fourth-order valence-electron chi connectivity index (χ4n) is 5.04. The molecule has 3 aromatic rings. The van der Waals surface area contributed by atoms with Gasteiger partial charge in [0.25, 0.3) is 0 Å². The predicted octanol–water partition coefficient (Wildman–Crippen LogP) is 6.80. The lowest BCUT2D eigenvalue weighted by Gasteiger charge is -2.38. The zero-order valence-corrected chi connectivity index (χ0v) is 23.3. The van der Waals surface area contributed by atoms with Crippen LogP contribution in [0.25, 0.3) is 0 Å². The lowest BCUT2D eigenvalue weighted by atomic mass is 9.90. The highest BCUT2D eigenvalue weighted by Gasteiger charge is 2.30. The molecule has 1 unspecified atom stereocenters. The fraction of sp³-hybridized carbons (Fsp3) is 0.406. The lowest BCUT2D eigenvalue weighted by Crippen LogP contribution is -2.47. The summed E-state index contributed by atoms with van der Waals surface area (Å²) < 4.78 is 33.2. The average Bonchev–Trinajstić information content (AvgIpc) is 2.89. The number of hydrogen-bond acceptors (Lipinski definition) is 4. The molecule has 0 bridgehead atoms. The van der Waals surface area contributed by atoms with Gasteiger partial charge in [-0.3, -0.25) is 9.80 Å². The largest absolute Gasteiger partial charge is 0.448 e. The van der Waals surface area contributed by atoms with Crippen LogP contribution in [0.15, 0.2) is 66.7 Å². The van der Waals surface area contributed by atoms with E-state index in [1.807, 2.05) is 51.1 Å². The molecule has 4 rings (SSSR count). The van der Waals surface area contributed by atoms with Crippen LogP contribution in [0.3, 0.4) is 0 Å². The minimum absolute atomic E-state index is 0.0810. The maximum absolute atomic E-state index is 13.9. The van der Waals surface area contributed by atoms with Crippen molar-refractivity contribution in [2.75, 3.05) is 25.0 Å². The van der Waals surface area contributed by atoms with Crippen LogP contribution in [0, 0.1) is 11.6 Å². The van der Waals surface area contributed by atoms with Gasteiger partial charge in [-0.05, 0) is 99.2 Å². The third-order valence-corrected chi connectivity index (χ3v) is 7.21. The molecule has 5 nitrogen and oxygen atoms in total. The molecular formula is C32H39F2N3O2. The summed E-state index contributed by atoms with van der Waals surface area (Å²) in [7, 11) is 0. The molecule has 0 saturated heterocycles. The van der Waals surface area contributed by atoms with E-state index < -0.39 is 5.54 Å². The van der Waals surface area contributed by atoms with Crippen LogP contribution in [0.1, 0.15) is 49.9 Å². The van der Waals surface area contributed by atoms with Crippen molar-refractivity contribution in [2.45, 2.75) is 65.2 Å². The van der Waals surface area contributed by atoms with Crippen molar-refractivity contribution in [3.8, 4) is 0 Å². The summed E-state index contributed by atoms with van der Waals surface area (Å²) in [5.41, 5.74) is 4.75. The lowest BCUT2D eigenvalue weighted by molar-refractivity contribution is 0.0493. The standard InChI is InChI=1S/C32H39F2N3O2/c1-5-35-29-14-8-24(9-15-29)21-37(32(2,3)4)31(38)39-17-16-36-22-25-10-13-28(34)19-26(25)20-30(36)18-23-6-11-27(33)12-7-23/h6-15,19,30,35H,5,16-18,20-22H2,1-4H3. The molecule has 1 N–H and O–H groups in total. The van der Waals surface area contributed by atoms with E-state index in [1.54, 1.807) is 23.1 Å². The number of anilines is 1. The minimum atomic E-state index is -0.420. The van der Waals surface area contributed by atoms with Gasteiger partial charge in [0.2, 0.25) is 0 Å². The molecule has 0 aromatic heterocycles. The van der Waals surface area contributed by atoms with Crippen molar-refractivity contribution in [3.05, 3.63) is 101 Å². The van der Waals surface area contributed by atoms with Gasteiger partial charge in [-0.15, -0.1) is 0 Å². The van der Waals surface area contributed by atoms with Crippen LogP contribution in [0.2, 0.25) is 0 Å². The smallest absolute Gasteiger partial charge is 0.410 e. The Hall–Kier alpha value is -3.45. The minimum Gasteiger partial charge on any atom is -0.448 e. The molecule has 3 aromatic carbocycles. The Balaban J connectivity index is 1.41. The van der Waals surface area contributed by atoms with Gasteiger partial charge < -0.3 is 10.1 Å². The zero-order chi connectivity index (χ0) is 28.0. The SMILES string of the molecule is CCNc1ccc(CN(C(=O)OCCN2Cc3ccc(F)cc3CC2Cc2ccc(F)cc2)C(C)(C)C)cc1. The molecule has 0 fully saturated rings. The van der Waals surface area contributed by atoms with Crippen molar-refractivity contribution in [1.29, 1.82) is 0 Å². The van der Waals surface area contributed by atoms with Gasteiger partial charge in [0.15, 0.2) is 0 Å². The Morgan fingerprint density at radius 3 is 2.31 bits per heavy atom. The summed E-state index contributed by atoms with van der Waals surface area (Å²) in [6.45, 7) is 10.8. The normalized spacial score (nSPS) is 15.5. The highest BCUT2D eigenvalue weighted by molar-refractivity contribution is 5.68. The number of rotatable bonds is 9. The first-order valence-electron chi connectivity index (χ1n) is 13.7. The molecule has 1 aliphatic rings. The van der Waals surface area contributed by atoms with Crippen LogP contribution in [0.5, 0.6) is 0 Å². The second-order valence-electron chi connectivity index (χ2n) is 11.2. The number of benzene rings is 3. The first kappa shape index (κ1) is 28.6. The van der Waals surface area contributed by atoms with Crippen molar-refractivity contribution >= 4 is 11.8 Å². The van der Waals surface area contributed by atoms with Gasteiger partial charge in [-0.25, -0.2) is 13.6 Å². The molecule has 0 spiro atoms. The molecule has 1 aliphatic heterocycles. The molecule has 0 saturated carbocycles. The molecular weight excluding hydrogens is 496 g/mol. The summed E-state index contributed by atoms with van der Waals surface area (Å²) in [5.74, 6) is -0.509. The van der Waals surface area contributed by atoms with E-state index in [9.17, 15) is 13.6 Å². The fourth-order valence-corrected chi connectivity index (χ4v) is 5.04. The summed E-state index contributed by atoms with van der Waals surface area (Å²) in [5, 5.41) is 3.29. The van der Waals surface area contributed by atoms with Crippen molar-refractivity contribution in [1.82, 2.24) is 9.80 Å². The van der Waals surface area contributed by atoms with E-state index in [2.05, 4.69) is 17.1 Å². The number of carbonyl (C=O) groups excluding carboxylic acids is 1. The monoisotopic (exact) mass is 535 g/mol. The molecule has 0 radical (unpaired) electrons. The number of nitrogens with zero attached hydrogens (tertiary/aromatic N) is 2. The zero-order valence-electron chi connectivity index (χ0n) is 23.3. The molecule has 7 heteroatoms. The van der Waals surface area contributed by atoms with E-state index >= 15 is 0 Å². The number of hydrogen-bond donors (Lipinski definition) is 1. The predicted molar refractivity (Wildman–Crippen MR) is 152 cm³/mol. The van der Waals surface area contributed by atoms with Crippen LogP contribution in [0.4, 0.5) is 19.3 Å². The average molecular weight is 536 g/mol. The van der Waals surface area contributed by atoms with E-state index in [0.29, 0.717) is 32.5 Å². The summed E-state index contributed by atoms with van der Waals surface area (Å²) >= 11 is 0. The number of ether oxygens (including phenoxy) is 1. The molecule has 1 amide bonds. The number of halogens is 2. The number of carbonyl (C=O) groups is 1. The third kappa shape index (κ3) is 7.79. The Labute approximate surface area is 230 Å². The molecule has 39 heavy (non-hydrogen) atoms. The van der Waals surface area contributed by atoms with Gasteiger partial charge in [0.1, 0.15) is 18.2 Å². The first-order valence-corrected chi connectivity index (χ1v) is 13.7. The maximum Gasteiger partial charge on any atom is 0.410 e. The maximum atomic E-state index is 13.9. The summed E-state index contributed by atoms with van der Waals surface area (Å²) in [4.78, 5) is 17.3. The summed E-state index contributed by atoms with van der Waals surface area (Å²) in [6.07, 6.45) is 1.02. The van der Waals surface area contributed by atoms with Gasteiger partial charge in [-0.1, -0.05) is 30.3 Å². The highest BCUT2D eigenvalue weighted by Crippen LogP contribution is 2.27. The summed E-state index contributed by atoms with van der Waals surface area (Å²) in [6, 6.07) is 19.6. The quantitative estimate of drug-likeness (QED) is 0.327. The third-order valence-electron chi connectivity index (χ3n) is 7.21. The van der Waals surface area contributed by atoms with Crippen molar-refractivity contribution < 1.29 is 18.3 Å². The Kier molecular flexibility index (Phi) is 9.23. The molecule has 208 valence electrons. The van der Waals surface area contributed by atoms with Crippen molar-refractivity contribution in [3.63, 3.8) is 0 Å². The van der Waals surface area contributed by atoms with E-state index in [0.717, 1.165) is 34.5 Å². The first-order chi connectivity index (χ1) is 18.6. The van der Waals surface area contributed by atoms with Crippen LogP contribution < -0.4 is 5.32 Å². The van der Waals surface area contributed by atoms with Gasteiger partial charge in [0.05, 0.1) is 0 Å². The van der Waals surface area contributed by atoms with Crippen LogP contribution >= 0.6 is 0 Å². The van der Waals surface area contributed by atoms with Crippen LogP contribution in [-0.2, 0) is 30.7 Å². The van der Waals surface area contributed by atoms with E-state index in [1.165, 1.54) is 18.2 Å². The number of amides is 1. The van der Waals surface area contributed by atoms with Gasteiger partial charge in [-0.2, -0.15) is 0 Å². The second kappa shape index (κ2) is 12.6. The highest BCUT2D eigenvalue weighted by atomic mass is 19.1.